The molecule has 13 heavy (non-hydrogen) atoms. The van der Waals surface area contributed by atoms with Crippen LogP contribution in [0.15, 0.2) is 12.7 Å². The van der Waals surface area contributed by atoms with Gasteiger partial charge in [-0.2, -0.15) is 0 Å². The molecule has 1 rings (SSSR count). The molecule has 1 aliphatic heterocycles. The van der Waals surface area contributed by atoms with Crippen molar-refractivity contribution in [2.45, 2.75) is 0 Å². The van der Waals surface area contributed by atoms with Crippen molar-refractivity contribution in [3.05, 3.63) is 12.7 Å². The van der Waals surface area contributed by atoms with Crippen molar-refractivity contribution in [3.8, 4) is 0 Å². The molecule has 0 radical (unpaired) electrons. The zero-order valence-corrected chi connectivity index (χ0v) is 8.28. The van der Waals surface area contributed by atoms with E-state index in [9.17, 15) is 9.46 Å². The molecule has 0 saturated carbocycles. The summed E-state index contributed by atoms with van der Waals surface area (Å²) in [5.74, 6) is 0. The second kappa shape index (κ2) is 4.88. The average Bonchev–Trinajstić information content (AvgIpc) is 2.16. The molecule has 1 heterocycles. The largest absolute Gasteiger partial charge is 0.406 e. The van der Waals surface area contributed by atoms with Gasteiger partial charge in [-0.25, -0.2) is 9.24 Å². The van der Waals surface area contributed by atoms with Gasteiger partial charge in [0.2, 0.25) is 0 Å². The molecule has 0 spiro atoms. The Kier molecular flexibility index (Phi) is 4.09. The average molecular weight is 207 g/mol. The van der Waals surface area contributed by atoms with Crippen molar-refractivity contribution in [1.82, 2.24) is 4.67 Å². The van der Waals surface area contributed by atoms with E-state index in [-0.39, 0.29) is 6.61 Å². The SMILES string of the molecule is C=CCOP(=O)(O)N1CCOCC1. The molecule has 0 amide bonds. The molecule has 1 unspecified atom stereocenters. The number of nitrogens with zero attached hydrogens (tertiary/aromatic N) is 1. The number of morpholine rings is 1. The first-order valence-electron chi connectivity index (χ1n) is 4.08. The van der Waals surface area contributed by atoms with Gasteiger partial charge in [0.1, 0.15) is 0 Å². The second-order valence-corrected chi connectivity index (χ2v) is 4.45. The first-order valence-corrected chi connectivity index (χ1v) is 5.61. The van der Waals surface area contributed by atoms with E-state index in [0.717, 1.165) is 0 Å². The molecule has 1 aliphatic rings. The highest BCUT2D eigenvalue weighted by molar-refractivity contribution is 7.50. The maximum atomic E-state index is 11.5. The predicted molar refractivity (Wildman–Crippen MR) is 48.4 cm³/mol. The fourth-order valence-corrected chi connectivity index (χ4v) is 2.17. The first-order chi connectivity index (χ1) is 6.17. The lowest BCUT2D eigenvalue weighted by atomic mass is 10.5. The van der Waals surface area contributed by atoms with Gasteiger partial charge < -0.3 is 9.63 Å². The molecule has 1 atom stereocenters. The van der Waals surface area contributed by atoms with Crippen LogP contribution in [0.5, 0.6) is 0 Å². The van der Waals surface area contributed by atoms with E-state index in [1.807, 2.05) is 0 Å². The van der Waals surface area contributed by atoms with Crippen LogP contribution in [0.3, 0.4) is 0 Å². The quantitative estimate of drug-likeness (QED) is 0.541. The highest BCUT2D eigenvalue weighted by Crippen LogP contribution is 2.46. The van der Waals surface area contributed by atoms with Crippen molar-refractivity contribution in [2.75, 3.05) is 32.9 Å². The van der Waals surface area contributed by atoms with Crippen LogP contribution in [0.2, 0.25) is 0 Å². The maximum Gasteiger partial charge on any atom is 0.406 e. The third kappa shape index (κ3) is 3.21. The molecule has 0 aliphatic carbocycles. The van der Waals surface area contributed by atoms with E-state index in [1.165, 1.54) is 10.7 Å². The van der Waals surface area contributed by atoms with Crippen LogP contribution in [0.1, 0.15) is 0 Å². The minimum Gasteiger partial charge on any atom is -0.379 e. The molecule has 5 nitrogen and oxygen atoms in total. The Hall–Kier alpha value is -0.190. The van der Waals surface area contributed by atoms with E-state index in [0.29, 0.717) is 26.3 Å². The van der Waals surface area contributed by atoms with Gasteiger partial charge in [-0.15, -0.1) is 6.58 Å². The van der Waals surface area contributed by atoms with Crippen molar-refractivity contribution in [2.24, 2.45) is 0 Å². The topological polar surface area (TPSA) is 59.0 Å². The first kappa shape index (κ1) is 10.9. The molecule has 1 N–H and O–H groups in total. The molecule has 0 bridgehead atoms. The van der Waals surface area contributed by atoms with Crippen LogP contribution in [-0.4, -0.2) is 42.5 Å². The van der Waals surface area contributed by atoms with Gasteiger partial charge in [-0.05, 0) is 0 Å². The number of rotatable bonds is 4. The van der Waals surface area contributed by atoms with Crippen LogP contribution in [-0.2, 0) is 13.8 Å². The Morgan fingerprint density at radius 1 is 1.62 bits per heavy atom. The third-order valence-corrected chi connectivity index (χ3v) is 3.31. The predicted octanol–water partition coefficient (Wildman–Crippen LogP) is 0.622. The van der Waals surface area contributed by atoms with Gasteiger partial charge in [0.15, 0.2) is 0 Å². The Balaban J connectivity index is 2.46. The Morgan fingerprint density at radius 2 is 2.23 bits per heavy atom. The summed E-state index contributed by atoms with van der Waals surface area (Å²) in [4.78, 5) is 9.43. The van der Waals surface area contributed by atoms with Crippen LogP contribution < -0.4 is 0 Å². The lowest BCUT2D eigenvalue weighted by Gasteiger charge is -2.29. The number of hydrogen-bond donors (Lipinski definition) is 1. The molecular weight excluding hydrogens is 193 g/mol. The van der Waals surface area contributed by atoms with Crippen LogP contribution in [0.25, 0.3) is 0 Å². The van der Waals surface area contributed by atoms with Crippen LogP contribution in [0.4, 0.5) is 0 Å². The van der Waals surface area contributed by atoms with E-state index in [4.69, 9.17) is 9.26 Å². The van der Waals surface area contributed by atoms with E-state index >= 15 is 0 Å². The molecular formula is C7H14NO4P. The highest BCUT2D eigenvalue weighted by atomic mass is 31.2. The Bertz CT molecular complexity index is 215. The van der Waals surface area contributed by atoms with Gasteiger partial charge in [0, 0.05) is 13.1 Å². The fourth-order valence-electron chi connectivity index (χ4n) is 1.04. The van der Waals surface area contributed by atoms with E-state index < -0.39 is 7.75 Å². The molecule has 1 saturated heterocycles. The van der Waals surface area contributed by atoms with E-state index in [2.05, 4.69) is 6.58 Å². The normalized spacial score (nSPS) is 23.8. The Labute approximate surface area is 77.5 Å². The van der Waals surface area contributed by atoms with Gasteiger partial charge in [0.05, 0.1) is 19.8 Å². The maximum absolute atomic E-state index is 11.5. The molecule has 6 heteroatoms. The van der Waals surface area contributed by atoms with Crippen molar-refractivity contribution in [3.63, 3.8) is 0 Å². The minimum atomic E-state index is -3.60. The molecule has 76 valence electrons. The summed E-state index contributed by atoms with van der Waals surface area (Å²) in [5.41, 5.74) is 0. The zero-order valence-electron chi connectivity index (χ0n) is 7.39. The molecule has 1 fully saturated rings. The summed E-state index contributed by atoms with van der Waals surface area (Å²) in [5, 5.41) is 0. The molecule has 0 aromatic rings. The highest BCUT2D eigenvalue weighted by Gasteiger charge is 2.30. The molecule has 0 aromatic carbocycles. The lowest BCUT2D eigenvalue weighted by Crippen LogP contribution is -2.34. The summed E-state index contributed by atoms with van der Waals surface area (Å²) >= 11 is 0. The monoisotopic (exact) mass is 207 g/mol. The second-order valence-electron chi connectivity index (χ2n) is 2.64. The summed E-state index contributed by atoms with van der Waals surface area (Å²) in [6.07, 6.45) is 1.45. The summed E-state index contributed by atoms with van der Waals surface area (Å²) in [7, 11) is -3.60. The smallest absolute Gasteiger partial charge is 0.379 e. The minimum absolute atomic E-state index is 0.0884. The van der Waals surface area contributed by atoms with Gasteiger partial charge in [-0.3, -0.25) is 4.52 Å². The van der Waals surface area contributed by atoms with Crippen LogP contribution in [0, 0.1) is 0 Å². The van der Waals surface area contributed by atoms with Gasteiger partial charge in [-0.1, -0.05) is 6.08 Å². The van der Waals surface area contributed by atoms with Crippen molar-refractivity contribution >= 4 is 7.75 Å². The van der Waals surface area contributed by atoms with Crippen molar-refractivity contribution < 1.29 is 18.7 Å². The summed E-state index contributed by atoms with van der Waals surface area (Å²) < 4.78 is 22.7. The summed E-state index contributed by atoms with van der Waals surface area (Å²) in [6, 6.07) is 0. The molecule has 0 aromatic heterocycles. The van der Waals surface area contributed by atoms with Gasteiger partial charge in [0.25, 0.3) is 0 Å². The Morgan fingerprint density at radius 3 is 2.77 bits per heavy atom. The van der Waals surface area contributed by atoms with E-state index in [1.54, 1.807) is 0 Å². The van der Waals surface area contributed by atoms with Crippen LogP contribution >= 0.6 is 7.75 Å². The fraction of sp³-hybridized carbons (Fsp3) is 0.714. The lowest BCUT2D eigenvalue weighted by molar-refractivity contribution is 0.0573. The zero-order chi connectivity index (χ0) is 9.73. The third-order valence-electron chi connectivity index (χ3n) is 1.71. The number of ether oxygens (including phenoxy) is 1. The van der Waals surface area contributed by atoms with Gasteiger partial charge >= 0.3 is 7.75 Å². The summed E-state index contributed by atoms with van der Waals surface area (Å²) in [6.45, 7) is 5.32. The number of hydrogen-bond acceptors (Lipinski definition) is 3. The van der Waals surface area contributed by atoms with Crippen molar-refractivity contribution in [1.29, 1.82) is 0 Å². The standard InChI is InChI=1S/C7H14NO4P/c1-2-5-12-13(9,10)8-3-6-11-7-4-8/h2H,1,3-7H2,(H,9,10).